The lowest BCUT2D eigenvalue weighted by Gasteiger charge is -2.36. The molecular weight excluding hydrogens is 318 g/mol. The summed E-state index contributed by atoms with van der Waals surface area (Å²) in [5.74, 6) is 0.00839. The van der Waals surface area contributed by atoms with E-state index in [4.69, 9.17) is 0 Å². The molecule has 126 valence electrons. The fourth-order valence-corrected chi connectivity index (χ4v) is 3.17. The number of amides is 1. The number of anilines is 1. The van der Waals surface area contributed by atoms with E-state index in [0.717, 1.165) is 18.5 Å². The molecule has 1 N–H and O–H groups in total. The van der Waals surface area contributed by atoms with Crippen molar-refractivity contribution in [3.63, 3.8) is 0 Å². The summed E-state index contributed by atoms with van der Waals surface area (Å²) in [6.45, 7) is 0. The van der Waals surface area contributed by atoms with Gasteiger partial charge >= 0.3 is 0 Å². The van der Waals surface area contributed by atoms with Crippen molar-refractivity contribution in [1.29, 1.82) is 0 Å². The minimum Gasteiger partial charge on any atom is -0.361 e. The lowest BCUT2D eigenvalue weighted by molar-refractivity contribution is -0.385. The molecule has 0 radical (unpaired) electrons. The fraction of sp³-hybridized carbons (Fsp3) is 0.211. The Balaban J connectivity index is 1.67. The summed E-state index contributed by atoms with van der Waals surface area (Å²) in [5, 5.41) is 14.5. The third kappa shape index (κ3) is 2.87. The molecular formula is C19H17N3O3. The van der Waals surface area contributed by atoms with Crippen LogP contribution in [0.2, 0.25) is 0 Å². The van der Waals surface area contributed by atoms with Crippen molar-refractivity contribution in [2.75, 3.05) is 5.32 Å². The van der Waals surface area contributed by atoms with E-state index in [9.17, 15) is 14.9 Å². The van der Waals surface area contributed by atoms with Crippen molar-refractivity contribution in [3.8, 4) is 0 Å². The topological polar surface area (TPSA) is 75.5 Å². The van der Waals surface area contributed by atoms with Gasteiger partial charge in [0, 0.05) is 17.8 Å². The Morgan fingerprint density at radius 3 is 2.60 bits per heavy atom. The van der Waals surface area contributed by atoms with E-state index in [1.165, 1.54) is 6.07 Å². The van der Waals surface area contributed by atoms with E-state index < -0.39 is 4.92 Å². The summed E-state index contributed by atoms with van der Waals surface area (Å²) in [6, 6.07) is 14.3. The maximum atomic E-state index is 12.8. The van der Waals surface area contributed by atoms with E-state index in [1.807, 2.05) is 35.2 Å². The van der Waals surface area contributed by atoms with Crippen molar-refractivity contribution >= 4 is 23.4 Å². The van der Waals surface area contributed by atoms with Gasteiger partial charge in [0.25, 0.3) is 11.6 Å². The number of hydrogen-bond acceptors (Lipinski definition) is 4. The molecule has 0 spiro atoms. The molecule has 6 heteroatoms. The molecule has 0 bridgehead atoms. The number of benzene rings is 2. The Bertz CT molecular complexity index is 874. The smallest absolute Gasteiger partial charge is 0.276 e. The van der Waals surface area contributed by atoms with Crippen LogP contribution in [-0.4, -0.2) is 27.9 Å². The summed E-state index contributed by atoms with van der Waals surface area (Å²) in [4.78, 5) is 25.4. The Morgan fingerprint density at radius 1 is 1.12 bits per heavy atom. The number of nitrogens with one attached hydrogen (secondary N) is 1. The molecule has 2 aromatic carbocycles. The standard InChI is InChI=1S/C19H17N3O3/c23-19-15-6-2-3-7-16(15)20-18(21(19)14-10-11-14)12-9-13-5-1-4-8-17(13)22(24)25/h1-9,12,14,18,20H,10-11H2/b12-9+/t18-/m0/s1. The van der Waals surface area contributed by atoms with Crippen LogP contribution >= 0.6 is 0 Å². The fourth-order valence-electron chi connectivity index (χ4n) is 3.17. The van der Waals surface area contributed by atoms with Crippen LogP contribution in [0.25, 0.3) is 6.08 Å². The maximum absolute atomic E-state index is 12.8. The van der Waals surface area contributed by atoms with E-state index >= 15 is 0 Å². The van der Waals surface area contributed by atoms with Crippen LogP contribution in [0.5, 0.6) is 0 Å². The SMILES string of the molecule is O=C1c2ccccc2N[C@H](/C=C/c2ccccc2[N+](=O)[O-])N1C1CC1. The first kappa shape index (κ1) is 15.4. The molecule has 2 aromatic rings. The molecule has 0 saturated heterocycles. The third-order valence-electron chi connectivity index (χ3n) is 4.53. The molecule has 1 atom stereocenters. The number of carbonyl (C=O) groups excluding carboxylic acids is 1. The summed E-state index contributed by atoms with van der Waals surface area (Å²) < 4.78 is 0. The highest BCUT2D eigenvalue weighted by atomic mass is 16.6. The zero-order valence-electron chi connectivity index (χ0n) is 13.5. The van der Waals surface area contributed by atoms with Gasteiger partial charge in [-0.3, -0.25) is 14.9 Å². The first-order chi connectivity index (χ1) is 12.1. The highest BCUT2D eigenvalue weighted by Crippen LogP contribution is 2.35. The molecule has 6 nitrogen and oxygen atoms in total. The van der Waals surface area contributed by atoms with Crippen LogP contribution in [-0.2, 0) is 0 Å². The van der Waals surface area contributed by atoms with Gasteiger partial charge in [-0.05, 0) is 43.2 Å². The van der Waals surface area contributed by atoms with Crippen LogP contribution in [0.3, 0.4) is 0 Å². The maximum Gasteiger partial charge on any atom is 0.276 e. The lowest BCUT2D eigenvalue weighted by atomic mass is 10.1. The largest absolute Gasteiger partial charge is 0.361 e. The van der Waals surface area contributed by atoms with Crippen molar-refractivity contribution in [2.24, 2.45) is 0 Å². The van der Waals surface area contributed by atoms with Crippen LogP contribution < -0.4 is 5.32 Å². The predicted molar refractivity (Wildman–Crippen MR) is 95.2 cm³/mol. The first-order valence-electron chi connectivity index (χ1n) is 8.25. The summed E-state index contributed by atoms with van der Waals surface area (Å²) >= 11 is 0. The molecule has 1 aliphatic heterocycles. The minimum absolute atomic E-state index is 0.00839. The molecule has 2 aliphatic rings. The highest BCUT2D eigenvalue weighted by Gasteiger charge is 2.40. The lowest BCUT2D eigenvalue weighted by Crippen LogP contribution is -2.48. The van der Waals surface area contributed by atoms with Crippen LogP contribution in [0.15, 0.2) is 54.6 Å². The summed E-state index contributed by atoms with van der Waals surface area (Å²) in [6.07, 6.45) is 5.22. The average Bonchev–Trinajstić information content (AvgIpc) is 3.45. The van der Waals surface area contributed by atoms with Gasteiger partial charge in [-0.1, -0.05) is 24.3 Å². The quantitative estimate of drug-likeness (QED) is 0.683. The molecule has 4 rings (SSSR count). The Hall–Kier alpha value is -3.15. The Morgan fingerprint density at radius 2 is 1.84 bits per heavy atom. The van der Waals surface area contributed by atoms with Crippen molar-refractivity contribution < 1.29 is 9.72 Å². The average molecular weight is 335 g/mol. The molecule has 1 aliphatic carbocycles. The molecule has 0 unspecified atom stereocenters. The normalized spacial score (nSPS) is 19.6. The van der Waals surface area contributed by atoms with E-state index in [0.29, 0.717) is 11.1 Å². The number of fused-ring (bicyclic) bond motifs is 1. The molecule has 1 heterocycles. The van der Waals surface area contributed by atoms with Gasteiger partial charge in [0.1, 0.15) is 6.17 Å². The van der Waals surface area contributed by atoms with Gasteiger partial charge in [0.05, 0.1) is 16.1 Å². The van der Waals surface area contributed by atoms with E-state index in [1.54, 1.807) is 24.3 Å². The first-order valence-corrected chi connectivity index (χ1v) is 8.25. The minimum atomic E-state index is -0.396. The van der Waals surface area contributed by atoms with E-state index in [-0.39, 0.29) is 23.8 Å². The number of para-hydroxylation sites is 2. The Labute approximate surface area is 144 Å². The van der Waals surface area contributed by atoms with Gasteiger partial charge in [-0.2, -0.15) is 0 Å². The molecule has 0 aromatic heterocycles. The number of nitro benzene ring substituents is 1. The number of nitro groups is 1. The second-order valence-electron chi connectivity index (χ2n) is 6.25. The molecule has 1 amide bonds. The molecule has 25 heavy (non-hydrogen) atoms. The zero-order valence-corrected chi connectivity index (χ0v) is 13.5. The number of hydrogen-bond donors (Lipinski definition) is 1. The van der Waals surface area contributed by atoms with Crippen molar-refractivity contribution in [1.82, 2.24) is 4.90 Å². The molecule has 1 saturated carbocycles. The van der Waals surface area contributed by atoms with Crippen molar-refractivity contribution in [3.05, 3.63) is 75.8 Å². The zero-order chi connectivity index (χ0) is 17.4. The summed E-state index contributed by atoms with van der Waals surface area (Å²) in [5.41, 5.74) is 2.04. The van der Waals surface area contributed by atoms with Gasteiger partial charge in [-0.15, -0.1) is 0 Å². The Kier molecular flexibility index (Phi) is 3.72. The summed E-state index contributed by atoms with van der Waals surface area (Å²) in [7, 11) is 0. The van der Waals surface area contributed by atoms with Gasteiger partial charge in [0.2, 0.25) is 0 Å². The monoisotopic (exact) mass is 335 g/mol. The molecule has 1 fully saturated rings. The van der Waals surface area contributed by atoms with Gasteiger partial charge < -0.3 is 10.2 Å². The van der Waals surface area contributed by atoms with Gasteiger partial charge in [0.15, 0.2) is 0 Å². The van der Waals surface area contributed by atoms with Crippen LogP contribution in [0.4, 0.5) is 11.4 Å². The number of carbonyl (C=O) groups is 1. The number of nitrogens with zero attached hydrogens (tertiary/aromatic N) is 2. The number of rotatable bonds is 4. The highest BCUT2D eigenvalue weighted by molar-refractivity contribution is 6.02. The van der Waals surface area contributed by atoms with E-state index in [2.05, 4.69) is 5.32 Å². The third-order valence-corrected chi connectivity index (χ3v) is 4.53. The van der Waals surface area contributed by atoms with Crippen molar-refractivity contribution in [2.45, 2.75) is 25.0 Å². The van der Waals surface area contributed by atoms with Crippen LogP contribution in [0.1, 0.15) is 28.8 Å². The van der Waals surface area contributed by atoms with Gasteiger partial charge in [-0.25, -0.2) is 0 Å². The second kappa shape index (κ2) is 6.05. The predicted octanol–water partition coefficient (Wildman–Crippen LogP) is 3.66. The second-order valence-corrected chi connectivity index (χ2v) is 6.25. The van der Waals surface area contributed by atoms with Crippen LogP contribution in [0, 0.1) is 10.1 Å².